The number of hydrogen-bond donors (Lipinski definition) is 0. The summed E-state index contributed by atoms with van der Waals surface area (Å²) < 4.78 is 0. The van der Waals surface area contributed by atoms with E-state index in [4.69, 9.17) is 0 Å². The Morgan fingerprint density at radius 1 is 0.500 bits per heavy atom. The van der Waals surface area contributed by atoms with E-state index in [-0.39, 0.29) is 5.41 Å². The fourth-order valence-corrected chi connectivity index (χ4v) is 11.3. The summed E-state index contributed by atoms with van der Waals surface area (Å²) in [5.74, 6) is 3.18. The number of rotatable bonds is 7. The summed E-state index contributed by atoms with van der Waals surface area (Å²) in [6.07, 6.45) is 13.8. The van der Waals surface area contributed by atoms with Gasteiger partial charge in [0.05, 0.1) is 5.69 Å². The number of hydrogen-bond acceptors (Lipinski definition) is 1. The molecule has 1 atom stereocenters. The number of nitrogens with zero attached hydrogens (tertiary/aromatic N) is 1. The molecule has 0 heterocycles. The lowest BCUT2D eigenvalue weighted by atomic mass is 9.63. The van der Waals surface area contributed by atoms with Crippen LogP contribution in [-0.4, -0.2) is 0 Å². The highest BCUT2D eigenvalue weighted by molar-refractivity contribution is 6.01. The maximum absolute atomic E-state index is 2.57. The molecule has 0 saturated heterocycles. The molecule has 0 N–H and O–H groups in total. The highest BCUT2D eigenvalue weighted by atomic mass is 15.1. The van der Waals surface area contributed by atoms with Crippen LogP contribution in [0.3, 0.4) is 0 Å². The molecule has 54 heavy (non-hydrogen) atoms. The molecule has 0 spiro atoms. The largest absolute Gasteiger partial charge is 0.310 e. The van der Waals surface area contributed by atoms with Gasteiger partial charge in [-0.05, 0) is 136 Å². The quantitative estimate of drug-likeness (QED) is 0.160. The van der Waals surface area contributed by atoms with Crippen molar-refractivity contribution in [2.75, 3.05) is 4.90 Å². The molecule has 5 aliphatic carbocycles. The van der Waals surface area contributed by atoms with E-state index >= 15 is 0 Å². The minimum atomic E-state index is -0.197. The summed E-state index contributed by atoms with van der Waals surface area (Å²) in [6, 6.07) is 53.5. The smallest absolute Gasteiger partial charge is 0.0543 e. The van der Waals surface area contributed by atoms with Crippen LogP contribution in [0.4, 0.5) is 17.1 Å². The third kappa shape index (κ3) is 5.74. The van der Waals surface area contributed by atoms with Gasteiger partial charge in [0.1, 0.15) is 0 Å². The van der Waals surface area contributed by atoms with Crippen molar-refractivity contribution in [1.29, 1.82) is 0 Å². The topological polar surface area (TPSA) is 3.24 Å². The van der Waals surface area contributed by atoms with Crippen molar-refractivity contribution in [1.82, 2.24) is 0 Å². The highest BCUT2D eigenvalue weighted by Gasteiger charge is 2.41. The first-order valence-corrected chi connectivity index (χ1v) is 21.0. The molecule has 6 aromatic rings. The van der Waals surface area contributed by atoms with Gasteiger partial charge in [0.15, 0.2) is 0 Å². The van der Waals surface area contributed by atoms with Crippen LogP contribution in [0.1, 0.15) is 112 Å². The van der Waals surface area contributed by atoms with Crippen molar-refractivity contribution in [2.45, 2.75) is 95.3 Å². The Bertz CT molecular complexity index is 2250. The molecular weight excluding hydrogens is 651 g/mol. The minimum Gasteiger partial charge on any atom is -0.310 e. The molecule has 4 fully saturated rings. The lowest BCUT2D eigenvalue weighted by Gasteiger charge is -2.42. The summed E-state index contributed by atoms with van der Waals surface area (Å²) >= 11 is 0. The van der Waals surface area contributed by atoms with Crippen LogP contribution in [0.2, 0.25) is 0 Å². The van der Waals surface area contributed by atoms with Gasteiger partial charge in [-0.1, -0.05) is 155 Å². The molecule has 0 aliphatic heterocycles. The maximum atomic E-state index is 2.57. The molecule has 0 radical (unpaired) electrons. The summed E-state index contributed by atoms with van der Waals surface area (Å²) in [5, 5.41) is 0. The summed E-state index contributed by atoms with van der Waals surface area (Å²) in [6.45, 7) is 4.89. The van der Waals surface area contributed by atoms with Gasteiger partial charge in [0.2, 0.25) is 0 Å². The van der Waals surface area contributed by atoms with Gasteiger partial charge in [0.25, 0.3) is 0 Å². The Hall–Kier alpha value is -4.88. The highest BCUT2D eigenvalue weighted by Crippen LogP contribution is 2.58. The van der Waals surface area contributed by atoms with E-state index in [1.807, 2.05) is 0 Å². The van der Waals surface area contributed by atoms with Crippen LogP contribution < -0.4 is 4.90 Å². The minimum absolute atomic E-state index is 0.197. The molecule has 0 amide bonds. The van der Waals surface area contributed by atoms with Gasteiger partial charge in [-0.25, -0.2) is 0 Å². The number of fused-ring (bicyclic) bond motifs is 6. The van der Waals surface area contributed by atoms with E-state index in [0.29, 0.717) is 11.8 Å². The molecule has 2 bridgehead atoms. The van der Waals surface area contributed by atoms with Crippen molar-refractivity contribution in [3.63, 3.8) is 0 Å². The monoisotopic (exact) mass is 703 g/mol. The van der Waals surface area contributed by atoms with Crippen molar-refractivity contribution in [2.24, 2.45) is 11.8 Å². The van der Waals surface area contributed by atoms with Gasteiger partial charge >= 0.3 is 0 Å². The fraction of sp³-hybridized carbons (Fsp3) is 0.321. The third-order valence-corrected chi connectivity index (χ3v) is 14.1. The zero-order chi connectivity index (χ0) is 36.2. The van der Waals surface area contributed by atoms with Crippen molar-refractivity contribution in [3.8, 4) is 33.4 Å². The van der Waals surface area contributed by atoms with E-state index < -0.39 is 0 Å². The van der Waals surface area contributed by atoms with Crippen molar-refractivity contribution >= 4 is 17.1 Å². The molecular formula is C53H53N. The van der Waals surface area contributed by atoms with E-state index in [2.05, 4.69) is 158 Å². The van der Waals surface area contributed by atoms with Crippen LogP contribution >= 0.6 is 0 Å². The molecule has 0 aromatic heterocycles. The van der Waals surface area contributed by atoms with Crippen LogP contribution in [0.25, 0.3) is 33.4 Å². The van der Waals surface area contributed by atoms with Gasteiger partial charge in [-0.3, -0.25) is 0 Å². The summed E-state index contributed by atoms with van der Waals surface area (Å²) in [5.41, 5.74) is 17.3. The Labute approximate surface area is 323 Å². The normalized spacial score (nSPS) is 21.4. The zero-order valence-electron chi connectivity index (χ0n) is 32.1. The lowest BCUT2D eigenvalue weighted by molar-refractivity contribution is 0.145. The number of benzene rings is 6. The van der Waals surface area contributed by atoms with Gasteiger partial charge in [-0.15, -0.1) is 0 Å². The second kappa shape index (κ2) is 13.8. The van der Waals surface area contributed by atoms with Crippen molar-refractivity contribution in [3.05, 3.63) is 162 Å². The molecule has 1 heteroatoms. The molecule has 270 valence electrons. The predicted molar refractivity (Wildman–Crippen MR) is 228 cm³/mol. The molecule has 1 unspecified atom stereocenters. The first kappa shape index (κ1) is 33.7. The maximum Gasteiger partial charge on any atom is 0.0543 e. The van der Waals surface area contributed by atoms with Crippen LogP contribution in [0.15, 0.2) is 140 Å². The van der Waals surface area contributed by atoms with Gasteiger partial charge in [0, 0.05) is 22.4 Å². The Balaban J connectivity index is 1.16. The van der Waals surface area contributed by atoms with Crippen LogP contribution in [-0.2, 0) is 5.41 Å². The Morgan fingerprint density at radius 3 is 1.76 bits per heavy atom. The predicted octanol–water partition coefficient (Wildman–Crippen LogP) is 15.1. The molecule has 4 saturated carbocycles. The second-order valence-corrected chi connectivity index (χ2v) is 17.4. The zero-order valence-corrected chi connectivity index (χ0v) is 32.1. The molecule has 5 aliphatic rings. The average molecular weight is 704 g/mol. The SMILES string of the molecule is CC1(C)c2cccc(-c3ccccc3)c2-c2ccc(N(c3ccc(C4CCCCC4)cc3)c3ccc(C4CC5CCC4CC5)cc3)c(-c3ccccc3)c21. The number of anilines is 3. The summed E-state index contributed by atoms with van der Waals surface area (Å²) in [4.78, 5) is 2.57. The van der Waals surface area contributed by atoms with Crippen molar-refractivity contribution < 1.29 is 0 Å². The standard InChI is InChI=1S/C53H53N/c1-53(2)48-20-12-19-45(39-15-8-4-9-16-39)51(48)46-33-34-49(50(52(46)53)42-17-10-5-11-18-42)54(43-29-25-38(26-30-43)37-13-6-3-7-14-37)44-31-27-41(28-32-44)47-35-36-21-23-40(47)24-22-36/h4-5,8-12,15-20,25-34,36-37,40,47H,3,6-7,13-14,21-24,35H2,1-2H3. The Morgan fingerprint density at radius 2 is 1.13 bits per heavy atom. The third-order valence-electron chi connectivity index (χ3n) is 14.1. The second-order valence-electron chi connectivity index (χ2n) is 17.4. The summed E-state index contributed by atoms with van der Waals surface area (Å²) in [7, 11) is 0. The average Bonchev–Trinajstić information content (AvgIpc) is 3.48. The van der Waals surface area contributed by atoms with Gasteiger partial charge in [-0.2, -0.15) is 0 Å². The van der Waals surface area contributed by atoms with E-state index in [0.717, 1.165) is 11.8 Å². The van der Waals surface area contributed by atoms with Crippen LogP contribution in [0.5, 0.6) is 0 Å². The van der Waals surface area contributed by atoms with E-state index in [9.17, 15) is 0 Å². The lowest BCUT2D eigenvalue weighted by Crippen LogP contribution is -2.29. The van der Waals surface area contributed by atoms with E-state index in [1.165, 1.54) is 131 Å². The molecule has 1 nitrogen and oxygen atoms in total. The molecule has 6 aromatic carbocycles. The van der Waals surface area contributed by atoms with Crippen LogP contribution in [0, 0.1) is 11.8 Å². The van der Waals surface area contributed by atoms with E-state index in [1.54, 1.807) is 5.56 Å². The molecule has 11 rings (SSSR count). The van der Waals surface area contributed by atoms with Gasteiger partial charge < -0.3 is 4.90 Å². The first-order valence-electron chi connectivity index (χ1n) is 21.0. The Kier molecular flexibility index (Phi) is 8.58. The first-order chi connectivity index (χ1) is 26.5. The fourth-order valence-electron chi connectivity index (χ4n) is 11.3.